The number of ether oxygens (including phenoxy) is 1. The van der Waals surface area contributed by atoms with Gasteiger partial charge < -0.3 is 10.1 Å². The largest absolute Gasteiger partial charge is 0.444 e. The van der Waals surface area contributed by atoms with Crippen molar-refractivity contribution in [1.29, 1.82) is 0 Å². The lowest BCUT2D eigenvalue weighted by Crippen LogP contribution is -2.27. The summed E-state index contributed by atoms with van der Waals surface area (Å²) < 4.78 is 5.30. The van der Waals surface area contributed by atoms with Gasteiger partial charge in [0.2, 0.25) is 0 Å². The summed E-state index contributed by atoms with van der Waals surface area (Å²) in [6, 6.07) is 11.9. The molecule has 0 radical (unpaired) electrons. The molecule has 0 aliphatic rings. The minimum atomic E-state index is -0.514. The van der Waals surface area contributed by atoms with Crippen LogP contribution in [0.25, 0.3) is 0 Å². The van der Waals surface area contributed by atoms with Gasteiger partial charge in [-0.2, -0.15) is 0 Å². The van der Waals surface area contributed by atoms with Gasteiger partial charge in [0.25, 0.3) is 0 Å². The number of rotatable bonds is 5. The van der Waals surface area contributed by atoms with Crippen LogP contribution in [0.1, 0.15) is 37.4 Å². The maximum atomic E-state index is 11.9. The van der Waals surface area contributed by atoms with Crippen molar-refractivity contribution in [2.75, 3.05) is 10.6 Å². The second-order valence-corrected chi connectivity index (χ2v) is 7.50. The molecule has 2 rings (SSSR count). The highest BCUT2D eigenvalue weighted by Crippen LogP contribution is 2.24. The van der Waals surface area contributed by atoms with Crippen molar-refractivity contribution < 1.29 is 9.53 Å². The molecule has 0 aliphatic heterocycles. The zero-order valence-corrected chi connectivity index (χ0v) is 14.9. The molecule has 1 aromatic heterocycles. The SMILES string of the molecule is CCc1ccc(CNc2ccccc2NC(=O)OC(C)(C)C)s1. The molecule has 0 fully saturated rings. The van der Waals surface area contributed by atoms with Crippen LogP contribution in [0.15, 0.2) is 36.4 Å². The number of anilines is 2. The Morgan fingerprint density at radius 1 is 1.09 bits per heavy atom. The van der Waals surface area contributed by atoms with Crippen LogP contribution in [0.5, 0.6) is 0 Å². The first-order valence-electron chi connectivity index (χ1n) is 7.78. The van der Waals surface area contributed by atoms with E-state index in [0.29, 0.717) is 5.69 Å². The molecule has 5 heteroatoms. The van der Waals surface area contributed by atoms with Crippen LogP contribution in [0.3, 0.4) is 0 Å². The molecule has 0 aliphatic carbocycles. The number of hydrogen-bond acceptors (Lipinski definition) is 4. The number of benzene rings is 1. The van der Waals surface area contributed by atoms with E-state index < -0.39 is 11.7 Å². The highest BCUT2D eigenvalue weighted by Gasteiger charge is 2.17. The predicted molar refractivity (Wildman–Crippen MR) is 97.3 cm³/mol. The molecule has 124 valence electrons. The number of amides is 1. The molecule has 0 saturated carbocycles. The van der Waals surface area contributed by atoms with Crippen LogP contribution in [0.2, 0.25) is 0 Å². The molecule has 1 heterocycles. The molecule has 4 nitrogen and oxygen atoms in total. The Morgan fingerprint density at radius 3 is 2.35 bits per heavy atom. The molecular formula is C18H24N2O2S. The molecule has 1 amide bonds. The summed E-state index contributed by atoms with van der Waals surface area (Å²) >= 11 is 1.81. The van der Waals surface area contributed by atoms with Gasteiger partial charge in [0.15, 0.2) is 0 Å². The lowest BCUT2D eigenvalue weighted by atomic mass is 10.2. The van der Waals surface area contributed by atoms with Gasteiger partial charge >= 0.3 is 6.09 Å². The lowest BCUT2D eigenvalue weighted by molar-refractivity contribution is 0.0636. The van der Waals surface area contributed by atoms with E-state index in [4.69, 9.17) is 4.74 Å². The van der Waals surface area contributed by atoms with Gasteiger partial charge in [-0.25, -0.2) is 4.79 Å². The fraction of sp³-hybridized carbons (Fsp3) is 0.389. The summed E-state index contributed by atoms with van der Waals surface area (Å²) in [5, 5.41) is 6.17. The topological polar surface area (TPSA) is 50.4 Å². The molecule has 23 heavy (non-hydrogen) atoms. The molecule has 0 spiro atoms. The molecule has 0 unspecified atom stereocenters. The Kier molecular flexibility index (Phi) is 5.66. The van der Waals surface area contributed by atoms with Gasteiger partial charge in [-0.1, -0.05) is 19.1 Å². The first-order valence-corrected chi connectivity index (χ1v) is 8.59. The number of hydrogen-bond donors (Lipinski definition) is 2. The second kappa shape index (κ2) is 7.51. The van der Waals surface area contributed by atoms with Crippen molar-refractivity contribution in [2.24, 2.45) is 0 Å². The van der Waals surface area contributed by atoms with Crippen molar-refractivity contribution in [1.82, 2.24) is 0 Å². The summed E-state index contributed by atoms with van der Waals surface area (Å²) in [6.07, 6.45) is 0.609. The number of carbonyl (C=O) groups excluding carboxylic acids is 1. The van der Waals surface area contributed by atoms with Gasteiger partial charge in [0, 0.05) is 16.3 Å². The fourth-order valence-electron chi connectivity index (χ4n) is 2.05. The van der Waals surface area contributed by atoms with Gasteiger partial charge in [-0.3, -0.25) is 5.32 Å². The van der Waals surface area contributed by atoms with E-state index >= 15 is 0 Å². The van der Waals surface area contributed by atoms with Crippen molar-refractivity contribution in [3.63, 3.8) is 0 Å². The van der Waals surface area contributed by atoms with Crippen LogP contribution in [-0.2, 0) is 17.7 Å². The van der Waals surface area contributed by atoms with Gasteiger partial charge in [0.05, 0.1) is 11.4 Å². The van der Waals surface area contributed by atoms with Crippen LogP contribution in [0.4, 0.5) is 16.2 Å². The maximum absolute atomic E-state index is 11.9. The highest BCUT2D eigenvalue weighted by atomic mass is 32.1. The number of carbonyl (C=O) groups is 1. The predicted octanol–water partition coefficient (Wildman–Crippen LogP) is 5.27. The summed E-state index contributed by atoms with van der Waals surface area (Å²) in [6.45, 7) is 8.43. The van der Waals surface area contributed by atoms with Crippen LogP contribution >= 0.6 is 11.3 Å². The lowest BCUT2D eigenvalue weighted by Gasteiger charge is -2.20. The number of para-hydroxylation sites is 2. The van der Waals surface area contributed by atoms with Crippen LogP contribution in [-0.4, -0.2) is 11.7 Å². The summed E-state index contributed by atoms with van der Waals surface area (Å²) in [5.74, 6) is 0. The minimum Gasteiger partial charge on any atom is -0.444 e. The summed E-state index contributed by atoms with van der Waals surface area (Å²) in [4.78, 5) is 14.6. The van der Waals surface area contributed by atoms with Crippen molar-refractivity contribution in [3.8, 4) is 0 Å². The Balaban J connectivity index is 2.01. The Labute approximate surface area is 141 Å². The molecule has 1 aromatic carbocycles. The average molecular weight is 332 g/mol. The van der Waals surface area contributed by atoms with Gasteiger partial charge in [0.1, 0.15) is 5.60 Å². The summed E-state index contributed by atoms with van der Waals surface area (Å²) in [5.41, 5.74) is 1.08. The van der Waals surface area contributed by atoms with Crippen LogP contribution in [0, 0.1) is 0 Å². The molecular weight excluding hydrogens is 308 g/mol. The van der Waals surface area contributed by atoms with Crippen LogP contribution < -0.4 is 10.6 Å². The standard InChI is InChI=1S/C18H24N2O2S/c1-5-13-10-11-14(23-13)12-19-15-8-6-7-9-16(15)20-17(21)22-18(2,3)4/h6-11,19H,5,12H2,1-4H3,(H,20,21). The number of nitrogens with one attached hydrogen (secondary N) is 2. The van der Waals surface area contributed by atoms with E-state index in [2.05, 4.69) is 29.7 Å². The van der Waals surface area contributed by atoms with Crippen molar-refractivity contribution >= 4 is 28.8 Å². The number of thiophene rings is 1. The quantitative estimate of drug-likeness (QED) is 0.784. The molecule has 0 saturated heterocycles. The molecule has 0 bridgehead atoms. The third-order valence-electron chi connectivity index (χ3n) is 3.08. The fourth-order valence-corrected chi connectivity index (χ4v) is 2.95. The van der Waals surface area contributed by atoms with E-state index in [1.54, 1.807) is 11.3 Å². The van der Waals surface area contributed by atoms with Gasteiger partial charge in [-0.15, -0.1) is 11.3 Å². The Morgan fingerprint density at radius 2 is 1.74 bits per heavy atom. The van der Waals surface area contributed by atoms with Gasteiger partial charge in [-0.05, 0) is 51.5 Å². The van der Waals surface area contributed by atoms with E-state index in [-0.39, 0.29) is 0 Å². The van der Waals surface area contributed by atoms with Crippen molar-refractivity contribution in [2.45, 2.75) is 46.3 Å². The summed E-state index contributed by atoms with van der Waals surface area (Å²) in [7, 11) is 0. The smallest absolute Gasteiger partial charge is 0.412 e. The van der Waals surface area contributed by atoms with E-state index in [1.165, 1.54) is 9.75 Å². The van der Waals surface area contributed by atoms with E-state index in [9.17, 15) is 4.79 Å². The Hall–Kier alpha value is -2.01. The van der Waals surface area contributed by atoms with Crippen molar-refractivity contribution in [3.05, 3.63) is 46.2 Å². The zero-order valence-electron chi connectivity index (χ0n) is 14.1. The third-order valence-corrected chi connectivity index (χ3v) is 4.31. The molecule has 0 atom stereocenters. The monoisotopic (exact) mass is 332 g/mol. The maximum Gasteiger partial charge on any atom is 0.412 e. The molecule has 2 N–H and O–H groups in total. The Bertz CT molecular complexity index is 659. The third kappa shape index (κ3) is 5.60. The van der Waals surface area contributed by atoms with E-state index in [0.717, 1.165) is 18.7 Å². The van der Waals surface area contributed by atoms with E-state index in [1.807, 2.05) is 45.0 Å². The average Bonchev–Trinajstić information content (AvgIpc) is 2.92. The first kappa shape index (κ1) is 17.3. The zero-order chi connectivity index (χ0) is 16.9. The molecule has 2 aromatic rings. The minimum absolute atomic E-state index is 0.448. The second-order valence-electron chi connectivity index (χ2n) is 6.25. The normalized spacial score (nSPS) is 11.1. The number of aryl methyl sites for hydroxylation is 1. The first-order chi connectivity index (χ1) is 10.9. The highest BCUT2D eigenvalue weighted by molar-refractivity contribution is 7.12.